The zero-order chi connectivity index (χ0) is 11.7. The number of halogens is 3. The number of hydrogen-bond acceptors (Lipinski definition) is 1. The van der Waals surface area contributed by atoms with Gasteiger partial charge in [0.05, 0.1) is 0 Å². The first-order chi connectivity index (χ1) is 6.95. The van der Waals surface area contributed by atoms with Crippen LogP contribution in [-0.2, 0) is 0 Å². The summed E-state index contributed by atoms with van der Waals surface area (Å²) in [4.78, 5) is 10.8. The second-order valence-corrected chi connectivity index (χ2v) is 2.89. The van der Waals surface area contributed by atoms with Crippen molar-refractivity contribution in [3.63, 3.8) is 0 Å². The number of amides is 2. The SMILES string of the molecule is C#CCCCCNC(=O)NCC(F)(F)F. The molecule has 86 valence electrons. The molecule has 0 fully saturated rings. The van der Waals surface area contributed by atoms with E-state index in [9.17, 15) is 18.0 Å². The van der Waals surface area contributed by atoms with Gasteiger partial charge in [-0.3, -0.25) is 0 Å². The molecule has 0 rings (SSSR count). The molecule has 0 atom stereocenters. The summed E-state index contributed by atoms with van der Waals surface area (Å²) in [7, 11) is 0. The standard InChI is InChI=1S/C9H13F3N2O/c1-2-3-4-5-6-13-8(15)14-7-9(10,11)12/h1H,3-7H2,(H2,13,14,15). The Morgan fingerprint density at radius 1 is 1.27 bits per heavy atom. The Morgan fingerprint density at radius 2 is 1.93 bits per heavy atom. The number of rotatable bonds is 5. The van der Waals surface area contributed by atoms with Gasteiger partial charge >= 0.3 is 12.2 Å². The van der Waals surface area contributed by atoms with E-state index < -0.39 is 18.8 Å². The van der Waals surface area contributed by atoms with Crippen LogP contribution in [0.4, 0.5) is 18.0 Å². The molecule has 0 bridgehead atoms. The highest BCUT2D eigenvalue weighted by atomic mass is 19.4. The van der Waals surface area contributed by atoms with Crippen LogP contribution in [0.1, 0.15) is 19.3 Å². The topological polar surface area (TPSA) is 41.1 Å². The summed E-state index contributed by atoms with van der Waals surface area (Å²) in [5.41, 5.74) is 0. The molecular formula is C9H13F3N2O. The lowest BCUT2D eigenvalue weighted by molar-refractivity contribution is -0.122. The maximum absolute atomic E-state index is 11.6. The highest BCUT2D eigenvalue weighted by molar-refractivity contribution is 5.73. The lowest BCUT2D eigenvalue weighted by Gasteiger charge is -2.09. The minimum absolute atomic E-state index is 0.325. The van der Waals surface area contributed by atoms with Crippen molar-refractivity contribution in [2.45, 2.75) is 25.4 Å². The maximum Gasteiger partial charge on any atom is 0.405 e. The van der Waals surface area contributed by atoms with Crippen LogP contribution >= 0.6 is 0 Å². The van der Waals surface area contributed by atoms with Gasteiger partial charge < -0.3 is 10.6 Å². The molecule has 15 heavy (non-hydrogen) atoms. The van der Waals surface area contributed by atoms with Crippen molar-refractivity contribution in [2.75, 3.05) is 13.1 Å². The predicted octanol–water partition coefficient (Wildman–Crippen LogP) is 1.65. The lowest BCUT2D eigenvalue weighted by Crippen LogP contribution is -2.41. The van der Waals surface area contributed by atoms with Crippen LogP contribution in [-0.4, -0.2) is 25.3 Å². The third-order valence-corrected chi connectivity index (χ3v) is 1.48. The molecule has 6 heteroatoms. The summed E-state index contributed by atoms with van der Waals surface area (Å²) in [6.45, 7) is -0.992. The van der Waals surface area contributed by atoms with Crippen LogP contribution in [0.5, 0.6) is 0 Å². The van der Waals surface area contributed by atoms with Gasteiger partial charge in [0, 0.05) is 13.0 Å². The third-order valence-electron chi connectivity index (χ3n) is 1.48. The van der Waals surface area contributed by atoms with Crippen LogP contribution in [0.3, 0.4) is 0 Å². The molecule has 0 saturated carbocycles. The fourth-order valence-electron chi connectivity index (χ4n) is 0.797. The lowest BCUT2D eigenvalue weighted by atomic mass is 10.2. The average molecular weight is 222 g/mol. The molecule has 0 saturated heterocycles. The van der Waals surface area contributed by atoms with E-state index in [2.05, 4.69) is 11.2 Å². The Bertz CT molecular complexity index is 232. The van der Waals surface area contributed by atoms with Crippen molar-refractivity contribution in [3.8, 4) is 12.3 Å². The van der Waals surface area contributed by atoms with E-state index in [1.54, 1.807) is 5.32 Å². The maximum atomic E-state index is 11.6. The van der Waals surface area contributed by atoms with Crippen LogP contribution in [0.2, 0.25) is 0 Å². The summed E-state index contributed by atoms with van der Waals surface area (Å²) in [5.74, 6) is 2.42. The Morgan fingerprint density at radius 3 is 2.47 bits per heavy atom. The van der Waals surface area contributed by atoms with Gasteiger partial charge in [0.15, 0.2) is 0 Å². The molecule has 0 aromatic heterocycles. The molecule has 0 aromatic rings. The molecule has 2 N–H and O–H groups in total. The largest absolute Gasteiger partial charge is 0.405 e. The van der Waals surface area contributed by atoms with Crippen molar-refractivity contribution in [1.29, 1.82) is 0 Å². The molecule has 0 aliphatic rings. The Kier molecular flexibility index (Phi) is 6.34. The first-order valence-corrected chi connectivity index (χ1v) is 4.47. The summed E-state index contributed by atoms with van der Waals surface area (Å²) in [5, 5.41) is 3.99. The fraction of sp³-hybridized carbons (Fsp3) is 0.667. The molecule has 3 nitrogen and oxygen atoms in total. The number of hydrogen-bond donors (Lipinski definition) is 2. The van der Waals surface area contributed by atoms with Crippen LogP contribution in [0, 0.1) is 12.3 Å². The normalized spacial score (nSPS) is 10.5. The Balaban J connectivity index is 3.39. The van der Waals surface area contributed by atoms with E-state index in [1.807, 2.05) is 0 Å². The van der Waals surface area contributed by atoms with Gasteiger partial charge in [0.25, 0.3) is 0 Å². The molecule has 2 amide bonds. The van der Waals surface area contributed by atoms with Crippen molar-refractivity contribution < 1.29 is 18.0 Å². The second-order valence-electron chi connectivity index (χ2n) is 2.89. The van der Waals surface area contributed by atoms with Crippen molar-refractivity contribution in [3.05, 3.63) is 0 Å². The van der Waals surface area contributed by atoms with E-state index in [0.29, 0.717) is 19.4 Å². The average Bonchev–Trinajstić information content (AvgIpc) is 2.13. The third kappa shape index (κ3) is 10.5. The first kappa shape index (κ1) is 13.6. The van der Waals surface area contributed by atoms with E-state index >= 15 is 0 Å². The summed E-state index contributed by atoms with van der Waals surface area (Å²) in [6.07, 6.45) is 2.62. The number of terminal acetylenes is 1. The van der Waals surface area contributed by atoms with Gasteiger partial charge in [-0.15, -0.1) is 12.3 Å². The smallest absolute Gasteiger partial charge is 0.338 e. The van der Waals surface area contributed by atoms with Gasteiger partial charge in [-0.1, -0.05) is 0 Å². The Hall–Kier alpha value is -1.38. The quantitative estimate of drug-likeness (QED) is 0.539. The van der Waals surface area contributed by atoms with Crippen LogP contribution in [0.25, 0.3) is 0 Å². The molecule has 0 spiro atoms. The van der Waals surface area contributed by atoms with E-state index in [0.717, 1.165) is 6.42 Å². The molecule has 0 aliphatic heterocycles. The van der Waals surface area contributed by atoms with Crippen molar-refractivity contribution >= 4 is 6.03 Å². The molecule has 0 heterocycles. The van der Waals surface area contributed by atoms with E-state index in [4.69, 9.17) is 6.42 Å². The minimum atomic E-state index is -4.37. The molecule has 0 unspecified atom stereocenters. The number of alkyl halides is 3. The summed E-state index contributed by atoms with van der Waals surface area (Å²) in [6, 6.07) is -0.812. The predicted molar refractivity (Wildman–Crippen MR) is 50.1 cm³/mol. The van der Waals surface area contributed by atoms with Crippen molar-refractivity contribution in [2.24, 2.45) is 0 Å². The number of urea groups is 1. The molecule has 0 aliphatic carbocycles. The van der Waals surface area contributed by atoms with Crippen molar-refractivity contribution in [1.82, 2.24) is 10.6 Å². The van der Waals surface area contributed by atoms with Gasteiger partial charge in [-0.25, -0.2) is 4.79 Å². The summed E-state index contributed by atoms with van der Waals surface area (Å²) < 4.78 is 34.9. The second kappa shape index (κ2) is 6.98. The number of carbonyl (C=O) groups excluding carboxylic acids is 1. The zero-order valence-corrected chi connectivity index (χ0v) is 8.16. The van der Waals surface area contributed by atoms with Crippen LogP contribution < -0.4 is 10.6 Å². The molecule has 0 radical (unpaired) electrons. The number of nitrogens with one attached hydrogen (secondary N) is 2. The van der Waals surface area contributed by atoms with Gasteiger partial charge in [0.2, 0.25) is 0 Å². The highest BCUT2D eigenvalue weighted by Crippen LogP contribution is 2.11. The molecule has 0 aromatic carbocycles. The monoisotopic (exact) mass is 222 g/mol. The van der Waals surface area contributed by atoms with Gasteiger partial charge in [0.1, 0.15) is 6.54 Å². The van der Waals surface area contributed by atoms with Gasteiger partial charge in [-0.05, 0) is 12.8 Å². The summed E-state index contributed by atoms with van der Waals surface area (Å²) >= 11 is 0. The Labute approximate surface area is 86.4 Å². The van der Waals surface area contributed by atoms with E-state index in [-0.39, 0.29) is 0 Å². The highest BCUT2D eigenvalue weighted by Gasteiger charge is 2.27. The fourth-order valence-corrected chi connectivity index (χ4v) is 0.797. The van der Waals surface area contributed by atoms with E-state index in [1.165, 1.54) is 0 Å². The number of unbranched alkanes of at least 4 members (excludes halogenated alkanes) is 2. The molecular weight excluding hydrogens is 209 g/mol. The first-order valence-electron chi connectivity index (χ1n) is 4.47. The van der Waals surface area contributed by atoms with Crippen LogP contribution in [0.15, 0.2) is 0 Å². The minimum Gasteiger partial charge on any atom is -0.338 e. The zero-order valence-electron chi connectivity index (χ0n) is 8.16. The number of carbonyl (C=O) groups is 1. The van der Waals surface area contributed by atoms with Gasteiger partial charge in [-0.2, -0.15) is 13.2 Å².